The van der Waals surface area contributed by atoms with Crippen LogP contribution < -0.4 is 5.32 Å². The summed E-state index contributed by atoms with van der Waals surface area (Å²) in [5.74, 6) is 0. The van der Waals surface area contributed by atoms with E-state index in [9.17, 15) is 13.6 Å². The highest BCUT2D eigenvalue weighted by atomic mass is 19.3. The number of hydrogen-bond donors (Lipinski definition) is 2. The van der Waals surface area contributed by atoms with E-state index in [0.717, 1.165) is 0 Å². The minimum absolute atomic E-state index is 0.0256. The lowest BCUT2D eigenvalue weighted by Crippen LogP contribution is -2.39. The molecule has 0 aromatic heterocycles. The van der Waals surface area contributed by atoms with Crippen molar-refractivity contribution in [1.82, 2.24) is 5.32 Å². The lowest BCUT2D eigenvalue weighted by Gasteiger charge is -2.23. The van der Waals surface area contributed by atoms with Crippen LogP contribution in [0.5, 0.6) is 0 Å². The Kier molecular flexibility index (Phi) is 8.58. The average molecular weight is 283 g/mol. The SMILES string of the molecule is CC(C)(C)OC(=O)NC(CCCO)CCOC(F)F. The zero-order chi connectivity index (χ0) is 14.9. The molecule has 1 atom stereocenters. The number of rotatable bonds is 8. The second-order valence-electron chi connectivity index (χ2n) is 5.13. The smallest absolute Gasteiger partial charge is 0.407 e. The summed E-state index contributed by atoms with van der Waals surface area (Å²) in [6, 6.07) is -0.360. The van der Waals surface area contributed by atoms with Crippen molar-refractivity contribution in [2.24, 2.45) is 0 Å². The Labute approximate surface area is 112 Å². The van der Waals surface area contributed by atoms with Crippen molar-refractivity contribution in [2.45, 2.75) is 58.3 Å². The molecule has 0 aliphatic carbocycles. The maximum atomic E-state index is 11.8. The van der Waals surface area contributed by atoms with Crippen molar-refractivity contribution in [3.05, 3.63) is 0 Å². The molecule has 5 nitrogen and oxygen atoms in total. The standard InChI is InChI=1S/C12H23F2NO4/c1-12(2,3)19-11(17)15-9(5-4-7-16)6-8-18-10(13)14/h9-10,16H,4-8H2,1-3H3,(H,15,17). The molecule has 0 aliphatic rings. The Bertz CT molecular complexity index is 257. The number of alkyl halides is 2. The van der Waals surface area contributed by atoms with Crippen molar-refractivity contribution in [3.63, 3.8) is 0 Å². The van der Waals surface area contributed by atoms with Gasteiger partial charge < -0.3 is 19.9 Å². The van der Waals surface area contributed by atoms with Crippen LogP contribution in [0.2, 0.25) is 0 Å². The van der Waals surface area contributed by atoms with Gasteiger partial charge in [0, 0.05) is 12.6 Å². The Hall–Kier alpha value is -0.950. The van der Waals surface area contributed by atoms with Crippen molar-refractivity contribution in [1.29, 1.82) is 0 Å². The fraction of sp³-hybridized carbons (Fsp3) is 0.917. The molecule has 0 saturated carbocycles. The molecule has 7 heteroatoms. The summed E-state index contributed by atoms with van der Waals surface area (Å²) in [5, 5.41) is 11.3. The highest BCUT2D eigenvalue weighted by Gasteiger charge is 2.19. The van der Waals surface area contributed by atoms with Crippen LogP contribution in [0.15, 0.2) is 0 Å². The predicted molar refractivity (Wildman–Crippen MR) is 66.1 cm³/mol. The number of halogens is 2. The number of alkyl carbamates (subject to hydrolysis) is 1. The molecule has 1 unspecified atom stereocenters. The normalized spacial score (nSPS) is 13.4. The Morgan fingerprint density at radius 1 is 1.32 bits per heavy atom. The van der Waals surface area contributed by atoms with Gasteiger partial charge in [0.15, 0.2) is 0 Å². The molecule has 0 rings (SSSR count). The van der Waals surface area contributed by atoms with E-state index in [-0.39, 0.29) is 25.7 Å². The summed E-state index contributed by atoms with van der Waals surface area (Å²) in [7, 11) is 0. The number of ether oxygens (including phenoxy) is 2. The number of aliphatic hydroxyl groups excluding tert-OH is 1. The topological polar surface area (TPSA) is 67.8 Å². The van der Waals surface area contributed by atoms with Gasteiger partial charge in [-0.05, 0) is 40.0 Å². The van der Waals surface area contributed by atoms with Gasteiger partial charge in [0.1, 0.15) is 5.60 Å². The second-order valence-corrected chi connectivity index (χ2v) is 5.13. The molecule has 0 heterocycles. The van der Waals surface area contributed by atoms with E-state index in [2.05, 4.69) is 10.1 Å². The third-order valence-corrected chi connectivity index (χ3v) is 2.14. The third-order valence-electron chi connectivity index (χ3n) is 2.14. The van der Waals surface area contributed by atoms with Crippen LogP contribution in [0.1, 0.15) is 40.0 Å². The summed E-state index contributed by atoms with van der Waals surface area (Å²) >= 11 is 0. The zero-order valence-corrected chi connectivity index (χ0v) is 11.6. The Balaban J connectivity index is 4.14. The zero-order valence-electron chi connectivity index (χ0n) is 11.6. The first kappa shape index (κ1) is 18.0. The summed E-state index contributed by atoms with van der Waals surface area (Å²) in [6.07, 6.45) is 0.577. The first-order valence-corrected chi connectivity index (χ1v) is 6.24. The van der Waals surface area contributed by atoms with Crippen molar-refractivity contribution < 1.29 is 28.2 Å². The van der Waals surface area contributed by atoms with Gasteiger partial charge in [0.2, 0.25) is 0 Å². The van der Waals surface area contributed by atoms with E-state index < -0.39 is 18.3 Å². The van der Waals surface area contributed by atoms with Gasteiger partial charge in [-0.25, -0.2) is 4.79 Å². The van der Waals surface area contributed by atoms with Crippen LogP contribution in [0.25, 0.3) is 0 Å². The van der Waals surface area contributed by atoms with E-state index in [1.165, 1.54) is 0 Å². The third kappa shape index (κ3) is 11.9. The molecule has 19 heavy (non-hydrogen) atoms. The quantitative estimate of drug-likeness (QED) is 0.717. The lowest BCUT2D eigenvalue weighted by atomic mass is 10.1. The first-order chi connectivity index (χ1) is 8.74. The molecule has 0 aromatic carbocycles. The molecule has 0 fully saturated rings. The lowest BCUT2D eigenvalue weighted by molar-refractivity contribution is -0.130. The van der Waals surface area contributed by atoms with Crippen molar-refractivity contribution >= 4 is 6.09 Å². The molecule has 0 aromatic rings. The molecule has 2 N–H and O–H groups in total. The van der Waals surface area contributed by atoms with Crippen LogP contribution in [-0.2, 0) is 9.47 Å². The predicted octanol–water partition coefficient (Wildman–Crippen LogP) is 2.28. The summed E-state index contributed by atoms with van der Waals surface area (Å²) in [6.45, 7) is 2.19. The van der Waals surface area contributed by atoms with Gasteiger partial charge in [-0.2, -0.15) is 8.78 Å². The van der Waals surface area contributed by atoms with Gasteiger partial charge in [-0.15, -0.1) is 0 Å². The molecule has 0 radical (unpaired) electrons. The van der Waals surface area contributed by atoms with Crippen LogP contribution in [0.3, 0.4) is 0 Å². The minimum atomic E-state index is -2.82. The van der Waals surface area contributed by atoms with Gasteiger partial charge in [0.05, 0.1) is 6.61 Å². The largest absolute Gasteiger partial charge is 0.444 e. The number of nitrogens with one attached hydrogen (secondary N) is 1. The number of amides is 1. The second kappa shape index (κ2) is 9.03. The number of carbonyl (C=O) groups is 1. The molecule has 0 bridgehead atoms. The van der Waals surface area contributed by atoms with Crippen LogP contribution >= 0.6 is 0 Å². The average Bonchev–Trinajstić information content (AvgIpc) is 2.22. The van der Waals surface area contributed by atoms with E-state index in [1.807, 2.05) is 0 Å². The summed E-state index contributed by atoms with van der Waals surface area (Å²) in [4.78, 5) is 11.5. The maximum Gasteiger partial charge on any atom is 0.407 e. The molecule has 114 valence electrons. The van der Waals surface area contributed by atoms with Gasteiger partial charge in [-0.3, -0.25) is 0 Å². The van der Waals surface area contributed by atoms with Crippen LogP contribution in [0.4, 0.5) is 13.6 Å². The molecule has 1 amide bonds. The fourth-order valence-electron chi connectivity index (χ4n) is 1.40. The van der Waals surface area contributed by atoms with Crippen LogP contribution in [0, 0.1) is 0 Å². The monoisotopic (exact) mass is 283 g/mol. The molecule has 0 aliphatic heterocycles. The minimum Gasteiger partial charge on any atom is -0.444 e. The molecular weight excluding hydrogens is 260 g/mol. The highest BCUT2D eigenvalue weighted by molar-refractivity contribution is 5.68. The summed E-state index contributed by atoms with van der Waals surface area (Å²) < 4.78 is 32.9. The Morgan fingerprint density at radius 3 is 2.42 bits per heavy atom. The number of carbonyl (C=O) groups excluding carboxylic acids is 1. The first-order valence-electron chi connectivity index (χ1n) is 6.24. The van der Waals surface area contributed by atoms with E-state index >= 15 is 0 Å². The van der Waals surface area contributed by atoms with Crippen molar-refractivity contribution in [3.8, 4) is 0 Å². The summed E-state index contributed by atoms with van der Waals surface area (Å²) in [5.41, 5.74) is -0.620. The van der Waals surface area contributed by atoms with Gasteiger partial charge >= 0.3 is 12.7 Å². The molecule has 0 saturated heterocycles. The fourth-order valence-corrected chi connectivity index (χ4v) is 1.40. The van der Waals surface area contributed by atoms with Crippen LogP contribution in [-0.4, -0.2) is 42.7 Å². The van der Waals surface area contributed by atoms with E-state index in [0.29, 0.717) is 12.8 Å². The van der Waals surface area contributed by atoms with Crippen molar-refractivity contribution in [2.75, 3.05) is 13.2 Å². The maximum absolute atomic E-state index is 11.8. The van der Waals surface area contributed by atoms with E-state index in [4.69, 9.17) is 9.84 Å². The number of hydrogen-bond acceptors (Lipinski definition) is 4. The van der Waals surface area contributed by atoms with E-state index in [1.54, 1.807) is 20.8 Å². The molecule has 0 spiro atoms. The molecular formula is C12H23F2NO4. The highest BCUT2D eigenvalue weighted by Crippen LogP contribution is 2.09. The number of aliphatic hydroxyl groups is 1. The van der Waals surface area contributed by atoms with Gasteiger partial charge in [0.25, 0.3) is 0 Å². The Morgan fingerprint density at radius 2 is 1.95 bits per heavy atom. The van der Waals surface area contributed by atoms with Gasteiger partial charge in [-0.1, -0.05) is 0 Å².